The fraction of sp³-hybridized carbons (Fsp3) is 0.391. The van der Waals surface area contributed by atoms with Gasteiger partial charge in [0.2, 0.25) is 5.91 Å². The van der Waals surface area contributed by atoms with Crippen molar-refractivity contribution in [2.75, 3.05) is 30.3 Å². The summed E-state index contributed by atoms with van der Waals surface area (Å²) in [5.74, 6) is 0.379. The van der Waals surface area contributed by atoms with Gasteiger partial charge in [-0.25, -0.2) is 4.98 Å². The first-order chi connectivity index (χ1) is 16.1. The third kappa shape index (κ3) is 5.37. The maximum absolute atomic E-state index is 12.7. The summed E-state index contributed by atoms with van der Waals surface area (Å²) in [6.07, 6.45) is 3.23. The molecule has 1 aliphatic heterocycles. The van der Waals surface area contributed by atoms with Gasteiger partial charge in [0.1, 0.15) is 17.2 Å². The van der Waals surface area contributed by atoms with Crippen LogP contribution < -0.4 is 16.0 Å². The number of anilines is 3. The third-order valence-electron chi connectivity index (χ3n) is 5.71. The van der Waals surface area contributed by atoms with Gasteiger partial charge in [-0.05, 0) is 39.3 Å². The molecule has 2 aromatic heterocycles. The van der Waals surface area contributed by atoms with Crippen LogP contribution in [-0.2, 0) is 11.3 Å². The van der Waals surface area contributed by atoms with Crippen LogP contribution in [0.1, 0.15) is 34.6 Å². The fourth-order valence-corrected chi connectivity index (χ4v) is 4.58. The first kappa shape index (κ1) is 23.7. The lowest BCUT2D eigenvalue weighted by molar-refractivity contribution is -0.134. The van der Waals surface area contributed by atoms with Gasteiger partial charge >= 0.3 is 0 Å². The quantitative estimate of drug-likeness (QED) is 0.425. The number of rotatable bonds is 6. The predicted molar refractivity (Wildman–Crippen MR) is 132 cm³/mol. The molecule has 0 radical (unpaired) electrons. The molecule has 4 N–H and O–H groups in total. The molecule has 0 unspecified atom stereocenters. The molecule has 11 heteroatoms. The molecule has 0 saturated carbocycles. The van der Waals surface area contributed by atoms with Crippen LogP contribution >= 0.6 is 11.3 Å². The summed E-state index contributed by atoms with van der Waals surface area (Å²) < 4.78 is 1.59. The number of benzene rings is 1. The van der Waals surface area contributed by atoms with Crippen LogP contribution in [0.5, 0.6) is 5.75 Å². The average Bonchev–Trinajstić information content (AvgIpc) is 3.43. The van der Waals surface area contributed by atoms with Gasteiger partial charge in [0.05, 0.1) is 11.9 Å². The minimum atomic E-state index is -0.308. The van der Waals surface area contributed by atoms with Crippen LogP contribution in [0.25, 0.3) is 0 Å². The number of aromatic hydroxyl groups is 1. The van der Waals surface area contributed by atoms with E-state index in [0.717, 1.165) is 12.1 Å². The van der Waals surface area contributed by atoms with Gasteiger partial charge in [-0.2, -0.15) is 5.10 Å². The van der Waals surface area contributed by atoms with Crippen LogP contribution in [0.3, 0.4) is 0 Å². The van der Waals surface area contributed by atoms with Crippen LogP contribution in [0.2, 0.25) is 0 Å². The number of phenolic OH excluding ortho intramolecular Hbond substituents is 1. The number of nitrogens with zero attached hydrogens (tertiary/aromatic N) is 4. The minimum absolute atomic E-state index is 0.0231. The van der Waals surface area contributed by atoms with Gasteiger partial charge in [0, 0.05) is 43.0 Å². The first-order valence-electron chi connectivity index (χ1n) is 11.0. The van der Waals surface area contributed by atoms with Crippen LogP contribution in [0.15, 0.2) is 30.6 Å². The van der Waals surface area contributed by atoms with E-state index in [2.05, 4.69) is 39.9 Å². The number of nitrogens with one attached hydrogen (secondary N) is 3. The maximum Gasteiger partial charge on any atom is 0.267 e. The molecule has 0 atom stereocenters. The third-order valence-corrected chi connectivity index (χ3v) is 6.62. The summed E-state index contributed by atoms with van der Waals surface area (Å²) in [6.45, 7) is 10.0. The first-order valence-corrected chi connectivity index (χ1v) is 11.8. The van der Waals surface area contributed by atoms with E-state index >= 15 is 0 Å². The molecular weight excluding hydrogens is 454 g/mol. The Hall–Kier alpha value is -3.44. The summed E-state index contributed by atoms with van der Waals surface area (Å²) in [5.41, 5.74) is 1.96. The fourth-order valence-electron chi connectivity index (χ4n) is 3.86. The van der Waals surface area contributed by atoms with E-state index in [-0.39, 0.29) is 29.6 Å². The molecule has 1 aliphatic rings. The normalized spacial score (nSPS) is 15.2. The zero-order valence-corrected chi connectivity index (χ0v) is 20.5. The Bertz CT molecular complexity index is 1220. The Kier molecular flexibility index (Phi) is 6.58. The number of aryl methyl sites for hydroxylation is 1. The van der Waals surface area contributed by atoms with Crippen molar-refractivity contribution >= 4 is 39.8 Å². The SMILES string of the molecule is Cc1ccc(O)c(C)c1NC(=O)c1cnc(Nc2ccn(CC(=O)N3CCNC(C)(C)C3)n2)s1. The zero-order valence-electron chi connectivity index (χ0n) is 19.7. The molecule has 1 fully saturated rings. The highest BCUT2D eigenvalue weighted by molar-refractivity contribution is 7.17. The summed E-state index contributed by atoms with van der Waals surface area (Å²) in [5, 5.41) is 24.2. The number of piperazine rings is 1. The summed E-state index contributed by atoms with van der Waals surface area (Å²) >= 11 is 1.19. The monoisotopic (exact) mass is 483 g/mol. The van der Waals surface area contributed by atoms with Gasteiger partial charge in [-0.3, -0.25) is 14.3 Å². The number of carbonyl (C=O) groups is 2. The van der Waals surface area contributed by atoms with E-state index in [1.165, 1.54) is 17.5 Å². The van der Waals surface area contributed by atoms with Crippen molar-refractivity contribution in [3.8, 4) is 5.75 Å². The zero-order chi connectivity index (χ0) is 24.5. The number of carbonyl (C=O) groups excluding carboxylic acids is 2. The highest BCUT2D eigenvalue weighted by Crippen LogP contribution is 2.29. The number of hydrogen-bond donors (Lipinski definition) is 4. The van der Waals surface area contributed by atoms with Crippen molar-refractivity contribution in [2.24, 2.45) is 0 Å². The molecule has 1 saturated heterocycles. The van der Waals surface area contributed by atoms with E-state index in [1.54, 1.807) is 36.0 Å². The van der Waals surface area contributed by atoms with Gasteiger partial charge in [0.25, 0.3) is 5.91 Å². The topological polar surface area (TPSA) is 124 Å². The average molecular weight is 484 g/mol. The second-order valence-electron chi connectivity index (χ2n) is 9.03. The van der Waals surface area contributed by atoms with Crippen molar-refractivity contribution < 1.29 is 14.7 Å². The molecule has 180 valence electrons. The highest BCUT2D eigenvalue weighted by Gasteiger charge is 2.28. The second kappa shape index (κ2) is 9.43. The van der Waals surface area contributed by atoms with Crippen molar-refractivity contribution in [2.45, 2.75) is 39.8 Å². The van der Waals surface area contributed by atoms with Crippen LogP contribution in [0, 0.1) is 13.8 Å². The van der Waals surface area contributed by atoms with E-state index in [4.69, 9.17) is 0 Å². The number of phenols is 1. The molecule has 4 rings (SSSR count). The van der Waals surface area contributed by atoms with E-state index in [1.807, 2.05) is 11.8 Å². The minimum Gasteiger partial charge on any atom is -0.508 e. The standard InChI is InChI=1S/C23H29N7O3S/c1-14-5-6-16(31)15(2)20(14)27-21(33)17-11-24-22(34-17)26-18-7-9-30(28-18)12-19(32)29-10-8-25-23(3,4)13-29/h5-7,9,11,25,31H,8,10,12-13H2,1-4H3,(H,27,33)(H,24,26,28). The van der Waals surface area contributed by atoms with Crippen molar-refractivity contribution in [3.05, 3.63) is 46.6 Å². The van der Waals surface area contributed by atoms with E-state index in [9.17, 15) is 14.7 Å². The molecule has 0 aliphatic carbocycles. The molecule has 0 bridgehead atoms. The van der Waals surface area contributed by atoms with Gasteiger partial charge < -0.3 is 26.0 Å². The van der Waals surface area contributed by atoms with Crippen LogP contribution in [0.4, 0.5) is 16.6 Å². The molecule has 1 aromatic carbocycles. The lowest BCUT2D eigenvalue weighted by atomic mass is 10.0. The Balaban J connectivity index is 1.36. The number of amides is 2. The van der Waals surface area contributed by atoms with E-state index < -0.39 is 0 Å². The lowest BCUT2D eigenvalue weighted by Gasteiger charge is -2.39. The molecule has 34 heavy (non-hydrogen) atoms. The number of thiazole rings is 1. The molecule has 3 aromatic rings. The van der Waals surface area contributed by atoms with Crippen molar-refractivity contribution in [3.63, 3.8) is 0 Å². The van der Waals surface area contributed by atoms with Gasteiger partial charge in [-0.1, -0.05) is 17.4 Å². The Morgan fingerprint density at radius 3 is 2.82 bits per heavy atom. The maximum atomic E-state index is 12.7. The molecule has 2 amide bonds. The largest absolute Gasteiger partial charge is 0.508 e. The smallest absolute Gasteiger partial charge is 0.267 e. The van der Waals surface area contributed by atoms with Crippen molar-refractivity contribution in [1.29, 1.82) is 0 Å². The molecule has 0 spiro atoms. The summed E-state index contributed by atoms with van der Waals surface area (Å²) in [4.78, 5) is 31.9. The number of hydrogen-bond acceptors (Lipinski definition) is 8. The Morgan fingerprint density at radius 2 is 2.06 bits per heavy atom. The molecule has 10 nitrogen and oxygen atoms in total. The second-order valence-corrected chi connectivity index (χ2v) is 10.1. The lowest BCUT2D eigenvalue weighted by Crippen LogP contribution is -2.58. The Morgan fingerprint density at radius 1 is 1.26 bits per heavy atom. The van der Waals surface area contributed by atoms with Gasteiger partial charge in [0.15, 0.2) is 10.9 Å². The van der Waals surface area contributed by atoms with Gasteiger partial charge in [-0.15, -0.1) is 0 Å². The van der Waals surface area contributed by atoms with E-state index in [0.29, 0.717) is 40.2 Å². The van der Waals surface area contributed by atoms with Crippen molar-refractivity contribution in [1.82, 2.24) is 25.0 Å². The summed E-state index contributed by atoms with van der Waals surface area (Å²) in [6, 6.07) is 5.11. The molecule has 3 heterocycles. The summed E-state index contributed by atoms with van der Waals surface area (Å²) in [7, 11) is 0. The predicted octanol–water partition coefficient (Wildman–Crippen LogP) is 2.87. The highest BCUT2D eigenvalue weighted by atomic mass is 32.1. The van der Waals surface area contributed by atoms with Crippen LogP contribution in [-0.4, -0.2) is 61.8 Å². The Labute approximate surface area is 202 Å². The molecular formula is C23H29N7O3S. The number of aromatic nitrogens is 3.